The Morgan fingerprint density at radius 2 is 1.86 bits per heavy atom. The molecule has 0 fully saturated rings. The molecular weight excluding hydrogens is 181 g/mol. The quantitative estimate of drug-likeness (QED) is 0.653. The number of nitrogens with zero attached hydrogens (tertiary/aromatic N) is 1. The van der Waals surface area contributed by atoms with Crippen LogP contribution in [0.1, 0.15) is 0 Å². The normalized spacial score (nSPS) is 10.1. The second-order valence-corrected chi connectivity index (χ2v) is 2.86. The summed E-state index contributed by atoms with van der Waals surface area (Å²) in [6.45, 7) is 0. The third-order valence-corrected chi connectivity index (χ3v) is 1.93. The third-order valence-electron chi connectivity index (χ3n) is 1.93. The molecule has 1 heterocycles. The number of hydrogen-bond acceptors (Lipinski definition) is 4. The van der Waals surface area contributed by atoms with Gasteiger partial charge in [-0.05, 0) is 5.46 Å². The summed E-state index contributed by atoms with van der Waals surface area (Å²) in [6.07, 6.45) is 2.95. The zero-order chi connectivity index (χ0) is 9.97. The molecule has 4 nitrogen and oxygen atoms in total. The molecule has 0 bridgehead atoms. The SMILES string of the molecule is OB(O)c1ccc(-c2cnco2)cc1. The molecule has 2 rings (SSSR count). The highest BCUT2D eigenvalue weighted by molar-refractivity contribution is 6.58. The van der Waals surface area contributed by atoms with Crippen LogP contribution in [0, 0.1) is 0 Å². The first kappa shape index (κ1) is 8.99. The van der Waals surface area contributed by atoms with Gasteiger partial charge in [-0.3, -0.25) is 0 Å². The van der Waals surface area contributed by atoms with E-state index in [4.69, 9.17) is 14.5 Å². The van der Waals surface area contributed by atoms with Crippen LogP contribution < -0.4 is 5.46 Å². The van der Waals surface area contributed by atoms with Gasteiger partial charge in [0, 0.05) is 5.56 Å². The first-order valence-corrected chi connectivity index (χ1v) is 4.12. The van der Waals surface area contributed by atoms with Gasteiger partial charge in [0.1, 0.15) is 0 Å². The Balaban J connectivity index is 2.31. The van der Waals surface area contributed by atoms with Crippen molar-refractivity contribution in [2.75, 3.05) is 0 Å². The van der Waals surface area contributed by atoms with Crippen molar-refractivity contribution in [3.63, 3.8) is 0 Å². The maximum Gasteiger partial charge on any atom is 0.488 e. The van der Waals surface area contributed by atoms with Crippen molar-refractivity contribution < 1.29 is 14.5 Å². The fourth-order valence-corrected chi connectivity index (χ4v) is 1.18. The highest BCUT2D eigenvalue weighted by Gasteiger charge is 2.10. The molecule has 2 aromatic rings. The number of benzene rings is 1. The number of oxazole rings is 1. The number of aromatic nitrogens is 1. The second-order valence-electron chi connectivity index (χ2n) is 2.86. The molecule has 14 heavy (non-hydrogen) atoms. The largest absolute Gasteiger partial charge is 0.488 e. The lowest BCUT2D eigenvalue weighted by Crippen LogP contribution is -2.29. The molecule has 5 heteroatoms. The summed E-state index contributed by atoms with van der Waals surface area (Å²) in [4.78, 5) is 3.79. The van der Waals surface area contributed by atoms with Crippen molar-refractivity contribution in [2.24, 2.45) is 0 Å². The van der Waals surface area contributed by atoms with E-state index in [1.54, 1.807) is 30.5 Å². The Labute approximate surface area is 81.0 Å². The van der Waals surface area contributed by atoms with Crippen molar-refractivity contribution >= 4 is 12.6 Å². The van der Waals surface area contributed by atoms with E-state index in [0.717, 1.165) is 5.56 Å². The van der Waals surface area contributed by atoms with Crippen LogP contribution in [0.2, 0.25) is 0 Å². The molecule has 2 N–H and O–H groups in total. The van der Waals surface area contributed by atoms with Gasteiger partial charge >= 0.3 is 7.12 Å². The maximum atomic E-state index is 8.86. The van der Waals surface area contributed by atoms with Crippen molar-refractivity contribution in [1.82, 2.24) is 4.98 Å². The van der Waals surface area contributed by atoms with Crippen molar-refractivity contribution in [3.8, 4) is 11.3 Å². The van der Waals surface area contributed by atoms with E-state index in [1.807, 2.05) is 0 Å². The van der Waals surface area contributed by atoms with E-state index in [1.165, 1.54) is 6.39 Å². The Bertz CT molecular complexity index is 397. The molecule has 0 unspecified atom stereocenters. The summed E-state index contributed by atoms with van der Waals surface area (Å²) >= 11 is 0. The van der Waals surface area contributed by atoms with Gasteiger partial charge in [-0.1, -0.05) is 24.3 Å². The Kier molecular flexibility index (Phi) is 2.34. The maximum absolute atomic E-state index is 8.86. The van der Waals surface area contributed by atoms with Crippen LogP contribution in [0.25, 0.3) is 11.3 Å². The van der Waals surface area contributed by atoms with Gasteiger partial charge in [-0.2, -0.15) is 0 Å². The fraction of sp³-hybridized carbons (Fsp3) is 0. The Hall–Kier alpha value is -1.59. The average molecular weight is 189 g/mol. The molecule has 0 atom stereocenters. The number of hydrogen-bond donors (Lipinski definition) is 2. The molecule has 0 aliphatic carbocycles. The molecule has 0 aliphatic rings. The van der Waals surface area contributed by atoms with Gasteiger partial charge in [0.15, 0.2) is 12.2 Å². The van der Waals surface area contributed by atoms with Gasteiger partial charge in [0.05, 0.1) is 6.20 Å². The average Bonchev–Trinajstić information content (AvgIpc) is 2.71. The Morgan fingerprint density at radius 3 is 2.36 bits per heavy atom. The van der Waals surface area contributed by atoms with Gasteiger partial charge < -0.3 is 14.5 Å². The van der Waals surface area contributed by atoms with Gasteiger partial charge in [0.25, 0.3) is 0 Å². The summed E-state index contributed by atoms with van der Waals surface area (Å²) in [5.74, 6) is 0.656. The molecule has 0 saturated carbocycles. The van der Waals surface area contributed by atoms with Crippen LogP contribution in [0.4, 0.5) is 0 Å². The van der Waals surface area contributed by atoms with E-state index >= 15 is 0 Å². The highest BCUT2D eigenvalue weighted by Crippen LogP contribution is 2.16. The monoisotopic (exact) mass is 189 g/mol. The van der Waals surface area contributed by atoms with Crippen LogP contribution >= 0.6 is 0 Å². The van der Waals surface area contributed by atoms with E-state index in [-0.39, 0.29) is 0 Å². The minimum Gasteiger partial charge on any atom is -0.444 e. The third kappa shape index (κ3) is 1.68. The standard InChI is InChI=1S/C9H8BNO3/c12-10(13)8-3-1-7(2-4-8)9-5-11-6-14-9/h1-6,12-13H. The van der Waals surface area contributed by atoms with Crippen LogP contribution in [-0.4, -0.2) is 22.2 Å². The van der Waals surface area contributed by atoms with Crippen LogP contribution in [-0.2, 0) is 0 Å². The van der Waals surface area contributed by atoms with E-state index in [9.17, 15) is 0 Å². The minimum atomic E-state index is -1.43. The summed E-state index contributed by atoms with van der Waals surface area (Å²) in [7, 11) is -1.43. The topological polar surface area (TPSA) is 66.5 Å². The molecule has 0 amide bonds. The lowest BCUT2D eigenvalue weighted by Gasteiger charge is -1.99. The minimum absolute atomic E-state index is 0.452. The Morgan fingerprint density at radius 1 is 1.14 bits per heavy atom. The molecule has 0 radical (unpaired) electrons. The van der Waals surface area contributed by atoms with Crippen LogP contribution in [0.15, 0.2) is 41.3 Å². The molecule has 70 valence electrons. The van der Waals surface area contributed by atoms with Crippen LogP contribution in [0.3, 0.4) is 0 Å². The summed E-state index contributed by atoms with van der Waals surface area (Å²) in [5.41, 5.74) is 1.31. The van der Waals surface area contributed by atoms with Gasteiger partial charge in [-0.25, -0.2) is 4.98 Å². The van der Waals surface area contributed by atoms with Gasteiger partial charge in [-0.15, -0.1) is 0 Å². The van der Waals surface area contributed by atoms with Crippen LogP contribution in [0.5, 0.6) is 0 Å². The molecule has 1 aromatic carbocycles. The zero-order valence-electron chi connectivity index (χ0n) is 7.29. The van der Waals surface area contributed by atoms with Crippen molar-refractivity contribution in [1.29, 1.82) is 0 Å². The first-order valence-electron chi connectivity index (χ1n) is 4.12. The zero-order valence-corrected chi connectivity index (χ0v) is 7.29. The lowest BCUT2D eigenvalue weighted by atomic mass is 9.80. The molecular formula is C9H8BNO3. The fourth-order valence-electron chi connectivity index (χ4n) is 1.18. The van der Waals surface area contributed by atoms with E-state index < -0.39 is 7.12 Å². The van der Waals surface area contributed by atoms with Gasteiger partial charge in [0.2, 0.25) is 0 Å². The van der Waals surface area contributed by atoms with Crippen molar-refractivity contribution in [2.45, 2.75) is 0 Å². The summed E-state index contributed by atoms with van der Waals surface area (Å²) < 4.78 is 5.08. The molecule has 0 aliphatic heterocycles. The predicted octanol–water partition coefficient (Wildman–Crippen LogP) is 0.0214. The predicted molar refractivity (Wildman–Crippen MR) is 51.8 cm³/mol. The summed E-state index contributed by atoms with van der Waals surface area (Å²) in [6, 6.07) is 6.75. The number of rotatable bonds is 2. The molecule has 0 saturated heterocycles. The second kappa shape index (κ2) is 3.65. The molecule has 0 spiro atoms. The van der Waals surface area contributed by atoms with Crippen molar-refractivity contribution in [3.05, 3.63) is 36.9 Å². The smallest absolute Gasteiger partial charge is 0.444 e. The van der Waals surface area contributed by atoms with E-state index in [2.05, 4.69) is 4.98 Å². The highest BCUT2D eigenvalue weighted by atomic mass is 16.4. The molecule has 1 aromatic heterocycles. The summed E-state index contributed by atoms with van der Waals surface area (Å²) in [5, 5.41) is 17.7. The lowest BCUT2D eigenvalue weighted by molar-refractivity contribution is 0.426. The van der Waals surface area contributed by atoms with E-state index in [0.29, 0.717) is 11.2 Å². The first-order chi connectivity index (χ1) is 6.77.